The van der Waals surface area contributed by atoms with Gasteiger partial charge in [-0.05, 0) is 24.3 Å². The lowest BCUT2D eigenvalue weighted by Crippen LogP contribution is -2.10. The molecule has 0 radical (unpaired) electrons. The predicted octanol–water partition coefficient (Wildman–Crippen LogP) is 1.53. The van der Waals surface area contributed by atoms with Crippen molar-refractivity contribution in [3.8, 4) is 0 Å². The Kier molecular flexibility index (Phi) is 4.06. The number of carboxylic acid groups (broad SMARTS) is 1. The van der Waals surface area contributed by atoms with Crippen LogP contribution in [0.3, 0.4) is 0 Å². The number of rotatable bonds is 5. The summed E-state index contributed by atoms with van der Waals surface area (Å²) in [6.45, 7) is 0.371. The summed E-state index contributed by atoms with van der Waals surface area (Å²) in [5.41, 5.74) is -0.0798. The van der Waals surface area contributed by atoms with E-state index in [-0.39, 0.29) is 16.2 Å². The summed E-state index contributed by atoms with van der Waals surface area (Å²) in [6.07, 6.45) is 3.30. The van der Waals surface area contributed by atoms with Crippen LogP contribution < -0.4 is 0 Å². The molecule has 100 valence electrons. The fourth-order valence-corrected chi connectivity index (χ4v) is 2.65. The van der Waals surface area contributed by atoms with Crippen LogP contribution in [0.1, 0.15) is 10.4 Å². The minimum atomic E-state index is -1.61. The van der Waals surface area contributed by atoms with E-state index in [2.05, 4.69) is 5.10 Å². The number of nitrogens with zero attached hydrogens (tertiary/aromatic N) is 2. The first-order chi connectivity index (χ1) is 9.08. The Balaban J connectivity index is 2.14. The molecule has 2 rings (SSSR count). The standard InChI is InChI=1S/C12H11FN2O3S/c13-10-3-2-9(12(16)17)8-11(10)19(18)7-6-15-5-1-4-14-15/h1-5,8H,6-7H2,(H,16,17). The molecule has 1 unspecified atom stereocenters. The summed E-state index contributed by atoms with van der Waals surface area (Å²) in [4.78, 5) is 10.7. The highest BCUT2D eigenvalue weighted by Gasteiger charge is 2.13. The fraction of sp³-hybridized carbons (Fsp3) is 0.167. The fourth-order valence-electron chi connectivity index (χ4n) is 1.53. The summed E-state index contributed by atoms with van der Waals surface area (Å²) in [5, 5.41) is 12.8. The number of carboxylic acids is 1. The molecular formula is C12H11FN2O3S. The van der Waals surface area contributed by atoms with E-state index >= 15 is 0 Å². The van der Waals surface area contributed by atoms with Crippen LogP contribution >= 0.6 is 0 Å². The lowest BCUT2D eigenvalue weighted by atomic mass is 10.2. The second kappa shape index (κ2) is 5.75. The minimum Gasteiger partial charge on any atom is -0.478 e. The van der Waals surface area contributed by atoms with Crippen molar-refractivity contribution in [3.63, 3.8) is 0 Å². The van der Waals surface area contributed by atoms with Crippen molar-refractivity contribution in [1.29, 1.82) is 0 Å². The van der Waals surface area contributed by atoms with Crippen molar-refractivity contribution < 1.29 is 18.5 Å². The molecule has 1 aromatic heterocycles. The van der Waals surface area contributed by atoms with Crippen LogP contribution in [0, 0.1) is 5.82 Å². The molecule has 0 amide bonds. The number of benzene rings is 1. The highest BCUT2D eigenvalue weighted by Crippen LogP contribution is 2.15. The number of hydrogen-bond acceptors (Lipinski definition) is 3. The first-order valence-electron chi connectivity index (χ1n) is 5.46. The summed E-state index contributed by atoms with van der Waals surface area (Å²) in [7, 11) is -1.61. The van der Waals surface area contributed by atoms with Gasteiger partial charge in [0.05, 0.1) is 27.8 Å². The second-order valence-electron chi connectivity index (χ2n) is 3.77. The molecule has 0 saturated carbocycles. The Labute approximate surface area is 111 Å². The third kappa shape index (κ3) is 3.25. The molecule has 7 heteroatoms. The van der Waals surface area contributed by atoms with Crippen molar-refractivity contribution in [1.82, 2.24) is 9.78 Å². The molecule has 0 aliphatic heterocycles. The first-order valence-corrected chi connectivity index (χ1v) is 6.78. The Morgan fingerprint density at radius 2 is 2.26 bits per heavy atom. The summed E-state index contributed by atoms with van der Waals surface area (Å²) in [5.74, 6) is -1.67. The van der Waals surface area contributed by atoms with E-state index in [1.807, 2.05) is 0 Å². The summed E-state index contributed by atoms with van der Waals surface area (Å²) in [6, 6.07) is 5.00. The molecular weight excluding hydrogens is 271 g/mol. The van der Waals surface area contributed by atoms with Crippen LogP contribution in [0.5, 0.6) is 0 Å². The van der Waals surface area contributed by atoms with Crippen molar-refractivity contribution in [2.45, 2.75) is 11.4 Å². The van der Waals surface area contributed by atoms with E-state index in [0.717, 1.165) is 18.2 Å². The number of hydrogen-bond donors (Lipinski definition) is 1. The average Bonchev–Trinajstić information content (AvgIpc) is 2.89. The quantitative estimate of drug-likeness (QED) is 0.902. The van der Waals surface area contributed by atoms with Gasteiger partial charge in [-0.2, -0.15) is 5.10 Å². The van der Waals surface area contributed by atoms with Gasteiger partial charge in [0.25, 0.3) is 0 Å². The zero-order valence-corrected chi connectivity index (χ0v) is 10.6. The van der Waals surface area contributed by atoms with Crippen LogP contribution in [-0.2, 0) is 17.3 Å². The van der Waals surface area contributed by atoms with Crippen LogP contribution in [0.4, 0.5) is 4.39 Å². The molecule has 0 bridgehead atoms. The van der Waals surface area contributed by atoms with Gasteiger partial charge in [-0.3, -0.25) is 8.89 Å². The van der Waals surface area contributed by atoms with E-state index in [4.69, 9.17) is 5.11 Å². The van der Waals surface area contributed by atoms with Gasteiger partial charge in [-0.15, -0.1) is 0 Å². The SMILES string of the molecule is O=C(O)c1ccc(F)c(S(=O)CCn2cccn2)c1. The van der Waals surface area contributed by atoms with E-state index in [1.165, 1.54) is 0 Å². The molecule has 19 heavy (non-hydrogen) atoms. The average molecular weight is 282 g/mol. The van der Waals surface area contributed by atoms with Crippen LogP contribution in [0.15, 0.2) is 41.6 Å². The number of aryl methyl sites for hydroxylation is 1. The molecule has 0 aliphatic carbocycles. The van der Waals surface area contributed by atoms with Crippen molar-refractivity contribution >= 4 is 16.8 Å². The second-order valence-corrected chi connectivity index (χ2v) is 5.31. The molecule has 0 spiro atoms. The van der Waals surface area contributed by atoms with Gasteiger partial charge in [0, 0.05) is 18.1 Å². The van der Waals surface area contributed by atoms with Crippen LogP contribution in [0.2, 0.25) is 0 Å². The van der Waals surface area contributed by atoms with Crippen molar-refractivity contribution in [2.24, 2.45) is 0 Å². The Morgan fingerprint density at radius 3 is 2.89 bits per heavy atom. The van der Waals surface area contributed by atoms with Crippen LogP contribution in [-0.4, -0.2) is 30.8 Å². The van der Waals surface area contributed by atoms with Gasteiger partial charge in [0.2, 0.25) is 0 Å². The van der Waals surface area contributed by atoms with Crippen molar-refractivity contribution in [2.75, 3.05) is 5.75 Å². The van der Waals surface area contributed by atoms with Gasteiger partial charge >= 0.3 is 5.97 Å². The van der Waals surface area contributed by atoms with Gasteiger partial charge in [0.1, 0.15) is 5.82 Å². The first kappa shape index (κ1) is 13.4. The molecule has 1 N–H and O–H groups in total. The Morgan fingerprint density at radius 1 is 1.47 bits per heavy atom. The largest absolute Gasteiger partial charge is 0.478 e. The molecule has 0 aliphatic rings. The normalized spacial score (nSPS) is 12.3. The van der Waals surface area contributed by atoms with Gasteiger partial charge in [0.15, 0.2) is 0 Å². The third-order valence-corrected chi connectivity index (χ3v) is 3.85. The van der Waals surface area contributed by atoms with E-state index in [1.54, 1.807) is 23.1 Å². The van der Waals surface area contributed by atoms with Gasteiger partial charge < -0.3 is 5.11 Å². The lowest BCUT2D eigenvalue weighted by molar-refractivity contribution is 0.0696. The molecule has 1 aromatic carbocycles. The maximum Gasteiger partial charge on any atom is 0.335 e. The van der Waals surface area contributed by atoms with E-state index < -0.39 is 22.6 Å². The zero-order valence-electron chi connectivity index (χ0n) is 9.82. The summed E-state index contributed by atoms with van der Waals surface area (Å²) >= 11 is 0. The smallest absolute Gasteiger partial charge is 0.335 e. The van der Waals surface area contributed by atoms with Crippen LogP contribution in [0.25, 0.3) is 0 Å². The molecule has 1 atom stereocenters. The third-order valence-electron chi connectivity index (χ3n) is 2.49. The molecule has 1 heterocycles. The van der Waals surface area contributed by atoms with E-state index in [9.17, 15) is 13.4 Å². The van der Waals surface area contributed by atoms with E-state index in [0.29, 0.717) is 6.54 Å². The predicted molar refractivity (Wildman–Crippen MR) is 66.9 cm³/mol. The van der Waals surface area contributed by atoms with Crippen molar-refractivity contribution in [3.05, 3.63) is 48.0 Å². The zero-order chi connectivity index (χ0) is 13.8. The lowest BCUT2D eigenvalue weighted by Gasteiger charge is -2.05. The Hall–Kier alpha value is -2.02. The number of halogens is 1. The molecule has 0 fully saturated rings. The highest BCUT2D eigenvalue weighted by atomic mass is 32.2. The highest BCUT2D eigenvalue weighted by molar-refractivity contribution is 7.85. The van der Waals surface area contributed by atoms with Gasteiger partial charge in [-0.1, -0.05) is 0 Å². The monoisotopic (exact) mass is 282 g/mol. The maximum atomic E-state index is 13.5. The topological polar surface area (TPSA) is 72.2 Å². The maximum absolute atomic E-state index is 13.5. The number of aromatic carboxylic acids is 1. The summed E-state index contributed by atoms with van der Waals surface area (Å²) < 4.78 is 27.1. The minimum absolute atomic E-state index is 0.0798. The number of aromatic nitrogens is 2. The molecule has 0 saturated heterocycles. The number of carbonyl (C=O) groups is 1. The molecule has 5 nitrogen and oxygen atoms in total. The molecule has 2 aromatic rings. The Bertz CT molecular complexity index is 613. The van der Waals surface area contributed by atoms with Gasteiger partial charge in [-0.25, -0.2) is 9.18 Å².